The van der Waals surface area contributed by atoms with Gasteiger partial charge in [-0.25, -0.2) is 0 Å². The van der Waals surface area contributed by atoms with Crippen LogP contribution in [0.5, 0.6) is 5.75 Å². The molecule has 2 aromatic rings. The second-order valence-electron chi connectivity index (χ2n) is 4.95. The zero-order valence-electron chi connectivity index (χ0n) is 12.8. The first-order chi connectivity index (χ1) is 12.0. The Bertz CT molecular complexity index is 781. The fraction of sp³-hybridized carbons (Fsp3) is 0.188. The average molecular weight is 395 g/mol. The third-order valence-corrected chi connectivity index (χ3v) is 3.74. The van der Waals surface area contributed by atoms with E-state index >= 15 is 0 Å². The summed E-state index contributed by atoms with van der Waals surface area (Å²) in [5, 5.41) is 3.87. The molecular formula is C16H11F6NO2S. The van der Waals surface area contributed by atoms with Gasteiger partial charge in [0.25, 0.3) is 0 Å². The fourth-order valence-electron chi connectivity index (χ4n) is 1.81. The van der Waals surface area contributed by atoms with Crippen molar-refractivity contribution >= 4 is 29.0 Å². The van der Waals surface area contributed by atoms with Gasteiger partial charge in [-0.2, -0.15) is 26.3 Å². The van der Waals surface area contributed by atoms with Gasteiger partial charge in [-0.05, 0) is 35.7 Å². The van der Waals surface area contributed by atoms with Crippen molar-refractivity contribution in [3.05, 3.63) is 52.2 Å². The molecule has 26 heavy (non-hydrogen) atoms. The number of amides is 1. The van der Waals surface area contributed by atoms with Crippen LogP contribution in [0.2, 0.25) is 0 Å². The molecule has 0 saturated heterocycles. The molecule has 10 heteroatoms. The lowest BCUT2D eigenvalue weighted by atomic mass is 10.1. The summed E-state index contributed by atoms with van der Waals surface area (Å²) >= 11 is 1.33. The number of thiophene rings is 1. The van der Waals surface area contributed by atoms with Crippen LogP contribution >= 0.6 is 11.3 Å². The quantitative estimate of drug-likeness (QED) is 0.547. The molecule has 0 unspecified atom stereocenters. The van der Waals surface area contributed by atoms with Crippen LogP contribution in [0.25, 0.3) is 6.08 Å². The fourth-order valence-corrected chi connectivity index (χ4v) is 2.43. The minimum Gasteiger partial charge on any atom is -0.482 e. The van der Waals surface area contributed by atoms with E-state index in [-0.39, 0.29) is 0 Å². The minimum absolute atomic E-state index is 0.509. The minimum atomic E-state index is -4.73. The molecule has 1 aromatic carbocycles. The summed E-state index contributed by atoms with van der Waals surface area (Å²) in [7, 11) is 0. The maximum Gasteiger partial charge on any atom is 0.422 e. The van der Waals surface area contributed by atoms with Crippen molar-refractivity contribution in [2.24, 2.45) is 0 Å². The highest BCUT2D eigenvalue weighted by atomic mass is 32.1. The van der Waals surface area contributed by atoms with Crippen LogP contribution in [0.4, 0.5) is 32.0 Å². The molecular weight excluding hydrogens is 384 g/mol. The Morgan fingerprint density at radius 1 is 1.15 bits per heavy atom. The molecule has 0 aliphatic carbocycles. The molecule has 0 fully saturated rings. The molecule has 0 saturated carbocycles. The van der Waals surface area contributed by atoms with Gasteiger partial charge in [0, 0.05) is 11.0 Å². The van der Waals surface area contributed by atoms with Gasteiger partial charge in [-0.3, -0.25) is 4.79 Å². The zero-order valence-corrected chi connectivity index (χ0v) is 13.6. The number of hydrogen-bond donors (Lipinski definition) is 1. The Morgan fingerprint density at radius 2 is 1.88 bits per heavy atom. The molecule has 0 radical (unpaired) electrons. The number of rotatable bonds is 5. The Labute approximate surface area is 147 Å². The molecule has 1 aromatic heterocycles. The zero-order chi connectivity index (χ0) is 19.4. The maximum atomic E-state index is 12.8. The molecule has 1 heterocycles. The Kier molecular flexibility index (Phi) is 5.96. The Morgan fingerprint density at radius 3 is 2.46 bits per heavy atom. The van der Waals surface area contributed by atoms with Gasteiger partial charge >= 0.3 is 12.4 Å². The van der Waals surface area contributed by atoms with E-state index in [9.17, 15) is 31.1 Å². The van der Waals surface area contributed by atoms with E-state index in [1.807, 2.05) is 0 Å². The Balaban J connectivity index is 2.22. The number of benzene rings is 1. The standard InChI is InChI=1S/C16H11F6NO2S/c17-15(18,19)9-25-13-5-3-10(16(20,21)22)8-12(13)23-14(24)6-4-11-2-1-7-26-11/h1-8H,9H2,(H,23,24)/b6-4+. The van der Waals surface area contributed by atoms with Crippen LogP contribution in [-0.4, -0.2) is 18.7 Å². The average Bonchev–Trinajstić information content (AvgIpc) is 3.03. The van der Waals surface area contributed by atoms with Gasteiger partial charge in [-0.15, -0.1) is 11.3 Å². The van der Waals surface area contributed by atoms with Crippen molar-refractivity contribution in [2.75, 3.05) is 11.9 Å². The number of nitrogens with one attached hydrogen (secondary N) is 1. The number of hydrogen-bond acceptors (Lipinski definition) is 3. The van der Waals surface area contributed by atoms with E-state index in [4.69, 9.17) is 0 Å². The van der Waals surface area contributed by atoms with Crippen molar-refractivity contribution in [2.45, 2.75) is 12.4 Å². The topological polar surface area (TPSA) is 38.3 Å². The molecule has 0 aliphatic heterocycles. The predicted molar refractivity (Wildman–Crippen MR) is 85.0 cm³/mol. The van der Waals surface area contributed by atoms with Crippen molar-refractivity contribution in [1.29, 1.82) is 0 Å². The number of halogens is 6. The Hall–Kier alpha value is -2.49. The van der Waals surface area contributed by atoms with Crippen molar-refractivity contribution in [1.82, 2.24) is 0 Å². The van der Waals surface area contributed by atoms with Gasteiger partial charge in [0.2, 0.25) is 5.91 Å². The molecule has 1 amide bonds. The van der Waals surface area contributed by atoms with Gasteiger partial charge in [0.05, 0.1) is 11.3 Å². The molecule has 140 valence electrons. The normalized spacial score (nSPS) is 12.4. The van der Waals surface area contributed by atoms with Gasteiger partial charge in [0.15, 0.2) is 6.61 Å². The van der Waals surface area contributed by atoms with Crippen LogP contribution in [0.15, 0.2) is 41.8 Å². The van der Waals surface area contributed by atoms with E-state index in [1.165, 1.54) is 17.4 Å². The molecule has 3 nitrogen and oxygen atoms in total. The van der Waals surface area contributed by atoms with Gasteiger partial charge in [0.1, 0.15) is 5.75 Å². The maximum absolute atomic E-state index is 12.8. The summed E-state index contributed by atoms with van der Waals surface area (Å²) in [6.45, 7) is -1.70. The van der Waals surface area contributed by atoms with Crippen LogP contribution in [0.1, 0.15) is 10.4 Å². The van der Waals surface area contributed by atoms with Crippen LogP contribution in [-0.2, 0) is 11.0 Å². The van der Waals surface area contributed by atoms with E-state index in [1.54, 1.807) is 17.5 Å². The monoisotopic (exact) mass is 395 g/mol. The summed E-state index contributed by atoms with van der Waals surface area (Å²) in [5.41, 5.74) is -1.64. The van der Waals surface area contributed by atoms with Crippen LogP contribution < -0.4 is 10.1 Å². The number of anilines is 1. The first-order valence-electron chi connectivity index (χ1n) is 6.98. The second-order valence-corrected chi connectivity index (χ2v) is 5.93. The molecule has 0 atom stereocenters. The largest absolute Gasteiger partial charge is 0.482 e. The number of carbonyl (C=O) groups excluding carboxylic acids is 1. The first kappa shape index (κ1) is 19.8. The van der Waals surface area contributed by atoms with Crippen LogP contribution in [0.3, 0.4) is 0 Å². The number of alkyl halides is 6. The van der Waals surface area contributed by atoms with Crippen molar-refractivity contribution in [3.63, 3.8) is 0 Å². The molecule has 1 N–H and O–H groups in total. The SMILES string of the molecule is O=C(/C=C/c1cccs1)Nc1cc(C(F)(F)F)ccc1OCC(F)(F)F. The summed E-state index contributed by atoms with van der Waals surface area (Å²) in [5.74, 6) is -1.33. The number of carbonyl (C=O) groups is 1. The third-order valence-electron chi connectivity index (χ3n) is 2.90. The molecule has 2 rings (SSSR count). The van der Waals surface area contributed by atoms with E-state index in [0.29, 0.717) is 12.1 Å². The number of ether oxygens (including phenoxy) is 1. The molecule has 0 bridgehead atoms. The van der Waals surface area contributed by atoms with Crippen molar-refractivity contribution < 1.29 is 35.9 Å². The molecule has 0 aliphatic rings. The predicted octanol–water partition coefficient (Wildman–Crippen LogP) is 5.36. The molecule has 0 spiro atoms. The lowest BCUT2D eigenvalue weighted by molar-refractivity contribution is -0.153. The third kappa shape index (κ3) is 6.10. The van der Waals surface area contributed by atoms with Gasteiger partial charge < -0.3 is 10.1 Å². The lowest BCUT2D eigenvalue weighted by Crippen LogP contribution is -2.20. The van der Waals surface area contributed by atoms with E-state index < -0.39 is 41.9 Å². The second kappa shape index (κ2) is 7.81. The smallest absolute Gasteiger partial charge is 0.422 e. The first-order valence-corrected chi connectivity index (χ1v) is 7.86. The lowest BCUT2D eigenvalue weighted by Gasteiger charge is -2.15. The summed E-state index contributed by atoms with van der Waals surface area (Å²) < 4.78 is 79.7. The van der Waals surface area contributed by atoms with Crippen LogP contribution in [0, 0.1) is 0 Å². The van der Waals surface area contributed by atoms with Gasteiger partial charge in [-0.1, -0.05) is 6.07 Å². The highest BCUT2D eigenvalue weighted by Crippen LogP contribution is 2.35. The van der Waals surface area contributed by atoms with E-state index in [2.05, 4.69) is 10.1 Å². The summed E-state index contributed by atoms with van der Waals surface area (Å²) in [6, 6.07) is 5.26. The van der Waals surface area contributed by atoms with E-state index in [0.717, 1.165) is 17.0 Å². The highest BCUT2D eigenvalue weighted by Gasteiger charge is 2.32. The summed E-state index contributed by atoms with van der Waals surface area (Å²) in [6.07, 6.45) is -6.93. The van der Waals surface area contributed by atoms with Crippen molar-refractivity contribution in [3.8, 4) is 5.75 Å². The highest BCUT2D eigenvalue weighted by molar-refractivity contribution is 7.10. The summed E-state index contributed by atoms with van der Waals surface area (Å²) in [4.78, 5) is 12.6.